The lowest BCUT2D eigenvalue weighted by molar-refractivity contribution is 1.28. The van der Waals surface area contributed by atoms with Crippen LogP contribution in [0.3, 0.4) is 0 Å². The third-order valence-corrected chi connectivity index (χ3v) is 12.5. The van der Waals surface area contributed by atoms with Gasteiger partial charge in [0.1, 0.15) is 0 Å². The Morgan fingerprint density at radius 3 is 1.35 bits per heavy atom. The lowest BCUT2D eigenvalue weighted by Gasteiger charge is -2.31. The highest BCUT2D eigenvalue weighted by molar-refractivity contribution is 6.04. The zero-order chi connectivity index (χ0) is 43.4. The van der Waals surface area contributed by atoms with Crippen LogP contribution in [0, 0.1) is 0 Å². The van der Waals surface area contributed by atoms with E-state index in [1.165, 1.54) is 60.8 Å². The highest BCUT2D eigenvalue weighted by Gasteiger charge is 2.24. The Hall–Kier alpha value is -8.52. The predicted octanol–water partition coefficient (Wildman–Crippen LogP) is 18.0. The summed E-state index contributed by atoms with van der Waals surface area (Å²) in [6, 6.07) is 99.0. The van der Waals surface area contributed by atoms with E-state index in [-0.39, 0.29) is 0 Å². The summed E-state index contributed by atoms with van der Waals surface area (Å²) >= 11 is 0. The molecule has 0 bridgehead atoms. The Labute approximate surface area is 381 Å². The fraction of sp³-hybridized carbons (Fsp3) is 0. The van der Waals surface area contributed by atoms with Gasteiger partial charge in [-0.15, -0.1) is 0 Å². The topological polar surface area (TPSA) is 3.24 Å². The van der Waals surface area contributed by atoms with Gasteiger partial charge in [0, 0.05) is 16.8 Å². The Kier molecular flexibility index (Phi) is 10.7. The van der Waals surface area contributed by atoms with Crippen molar-refractivity contribution in [1.29, 1.82) is 0 Å². The summed E-state index contributed by atoms with van der Waals surface area (Å²) in [6.45, 7) is 0. The second-order valence-corrected chi connectivity index (χ2v) is 16.4. The minimum atomic E-state index is 1.07. The number of nitrogens with zero attached hydrogens (tertiary/aromatic N) is 1. The molecule has 0 unspecified atom stereocenters. The van der Waals surface area contributed by atoms with E-state index < -0.39 is 0 Å². The molecule has 0 aromatic heterocycles. The van der Waals surface area contributed by atoms with Crippen molar-refractivity contribution in [3.8, 4) is 77.9 Å². The summed E-state index contributed by atoms with van der Waals surface area (Å²) in [6.07, 6.45) is 0. The number of fused-ring (bicyclic) bond motifs is 1. The van der Waals surface area contributed by atoms with E-state index in [1.807, 2.05) is 0 Å². The van der Waals surface area contributed by atoms with Gasteiger partial charge in [0.05, 0.1) is 11.4 Å². The van der Waals surface area contributed by atoms with Crippen LogP contribution in [0.2, 0.25) is 0 Å². The van der Waals surface area contributed by atoms with E-state index in [4.69, 9.17) is 0 Å². The van der Waals surface area contributed by atoms with Crippen LogP contribution in [0.4, 0.5) is 17.1 Å². The molecule has 11 rings (SSSR count). The molecule has 0 N–H and O–H groups in total. The number of hydrogen-bond donors (Lipinski definition) is 0. The van der Waals surface area contributed by atoms with E-state index in [0.717, 1.165) is 44.9 Å². The van der Waals surface area contributed by atoms with E-state index in [1.54, 1.807) is 0 Å². The third kappa shape index (κ3) is 7.71. The molecule has 0 heterocycles. The summed E-state index contributed by atoms with van der Waals surface area (Å²) in [5, 5.41) is 2.46. The number of rotatable bonds is 10. The first kappa shape index (κ1) is 39.3. The van der Waals surface area contributed by atoms with Crippen LogP contribution < -0.4 is 4.90 Å². The molecular formula is C64H45N. The largest absolute Gasteiger partial charge is 0.309 e. The van der Waals surface area contributed by atoms with Gasteiger partial charge in [0.15, 0.2) is 0 Å². The molecule has 0 radical (unpaired) electrons. The van der Waals surface area contributed by atoms with Gasteiger partial charge >= 0.3 is 0 Å². The molecule has 0 saturated carbocycles. The highest BCUT2D eigenvalue weighted by Crippen LogP contribution is 2.50. The zero-order valence-electron chi connectivity index (χ0n) is 35.9. The van der Waals surface area contributed by atoms with Crippen LogP contribution >= 0.6 is 0 Å². The molecular weight excluding hydrogens is 783 g/mol. The summed E-state index contributed by atoms with van der Waals surface area (Å²) < 4.78 is 0. The lowest BCUT2D eigenvalue weighted by Crippen LogP contribution is -2.13. The fourth-order valence-electron chi connectivity index (χ4n) is 9.48. The lowest BCUT2D eigenvalue weighted by atomic mass is 9.84. The van der Waals surface area contributed by atoms with Crippen LogP contribution in [0.5, 0.6) is 0 Å². The van der Waals surface area contributed by atoms with Crippen molar-refractivity contribution in [2.24, 2.45) is 0 Å². The molecule has 0 amide bonds. The summed E-state index contributed by atoms with van der Waals surface area (Å²) in [5.41, 5.74) is 19.7. The summed E-state index contributed by atoms with van der Waals surface area (Å²) in [7, 11) is 0. The van der Waals surface area contributed by atoms with Gasteiger partial charge in [-0.05, 0) is 102 Å². The molecule has 0 fully saturated rings. The maximum Gasteiger partial charge on any atom is 0.0540 e. The molecule has 11 aromatic rings. The molecule has 11 aromatic carbocycles. The van der Waals surface area contributed by atoms with E-state index >= 15 is 0 Å². The van der Waals surface area contributed by atoms with Gasteiger partial charge in [-0.3, -0.25) is 0 Å². The average molecular weight is 828 g/mol. The van der Waals surface area contributed by atoms with Crippen molar-refractivity contribution < 1.29 is 0 Å². The fourth-order valence-corrected chi connectivity index (χ4v) is 9.48. The van der Waals surface area contributed by atoms with Crippen LogP contribution in [-0.4, -0.2) is 0 Å². The van der Waals surface area contributed by atoms with E-state index in [2.05, 4.69) is 278 Å². The Bertz CT molecular complexity index is 3400. The summed E-state index contributed by atoms with van der Waals surface area (Å²) in [5.74, 6) is 0. The Morgan fingerprint density at radius 2 is 0.631 bits per heavy atom. The minimum Gasteiger partial charge on any atom is -0.309 e. The second-order valence-electron chi connectivity index (χ2n) is 16.4. The molecule has 1 heteroatoms. The predicted molar refractivity (Wildman–Crippen MR) is 277 cm³/mol. The SMILES string of the molecule is c1ccc(-c2ccc(-c3ccccc3N(c3cccc(-c4cccc5ccccc45)c3)c3ccccc3-c3cccc(-c4ccccc4)c3-c3ccccc3-c3ccccc3)cc2)cc1. The normalized spacial score (nSPS) is 11.1. The molecule has 65 heavy (non-hydrogen) atoms. The first-order valence-electron chi connectivity index (χ1n) is 22.3. The standard InChI is InChI=1S/C64H45N/c1-4-21-46(22-5-1)47-41-43-51(44-42-47)57-33-14-16-39-62(57)65(53-30-18-29-52(45-53)56-36-19-28-49-27-10-11-31-54(49)56)63-40-17-15-34-59(63)61-38-20-37-58(50-25-8-3-9-26-50)64(61)60-35-13-12-32-55(60)48-23-6-2-7-24-48/h1-45H. The number of para-hydroxylation sites is 2. The maximum atomic E-state index is 2.48. The van der Waals surface area contributed by atoms with Crippen LogP contribution in [0.1, 0.15) is 0 Å². The average Bonchev–Trinajstić information content (AvgIpc) is 3.39. The Morgan fingerprint density at radius 1 is 0.215 bits per heavy atom. The van der Waals surface area contributed by atoms with Gasteiger partial charge in [-0.1, -0.05) is 249 Å². The second kappa shape index (κ2) is 17.7. The molecule has 0 atom stereocenters. The highest BCUT2D eigenvalue weighted by atomic mass is 15.1. The molecule has 306 valence electrons. The number of anilines is 3. The molecule has 0 aliphatic heterocycles. The maximum absolute atomic E-state index is 2.48. The Balaban J connectivity index is 1.16. The van der Waals surface area contributed by atoms with Gasteiger partial charge in [0.25, 0.3) is 0 Å². The zero-order valence-corrected chi connectivity index (χ0v) is 35.9. The van der Waals surface area contributed by atoms with Crippen LogP contribution in [-0.2, 0) is 0 Å². The monoisotopic (exact) mass is 827 g/mol. The van der Waals surface area contributed by atoms with Gasteiger partial charge < -0.3 is 4.90 Å². The molecule has 0 spiro atoms. The first-order chi connectivity index (χ1) is 32.3. The van der Waals surface area contributed by atoms with Crippen molar-refractivity contribution in [2.45, 2.75) is 0 Å². The molecule has 0 aliphatic carbocycles. The number of hydrogen-bond acceptors (Lipinski definition) is 1. The molecule has 0 saturated heterocycles. The first-order valence-corrected chi connectivity index (χ1v) is 22.3. The van der Waals surface area contributed by atoms with E-state index in [9.17, 15) is 0 Å². The van der Waals surface area contributed by atoms with Crippen molar-refractivity contribution in [3.05, 3.63) is 273 Å². The van der Waals surface area contributed by atoms with Gasteiger partial charge in [-0.2, -0.15) is 0 Å². The van der Waals surface area contributed by atoms with E-state index in [0.29, 0.717) is 0 Å². The van der Waals surface area contributed by atoms with Gasteiger partial charge in [-0.25, -0.2) is 0 Å². The summed E-state index contributed by atoms with van der Waals surface area (Å²) in [4.78, 5) is 2.48. The van der Waals surface area contributed by atoms with Crippen molar-refractivity contribution >= 4 is 27.8 Å². The number of benzene rings is 11. The molecule has 0 aliphatic rings. The van der Waals surface area contributed by atoms with Crippen molar-refractivity contribution in [2.75, 3.05) is 4.90 Å². The van der Waals surface area contributed by atoms with Gasteiger partial charge in [0.2, 0.25) is 0 Å². The third-order valence-electron chi connectivity index (χ3n) is 12.5. The van der Waals surface area contributed by atoms with Crippen molar-refractivity contribution in [3.63, 3.8) is 0 Å². The van der Waals surface area contributed by atoms with Crippen LogP contribution in [0.25, 0.3) is 88.7 Å². The minimum absolute atomic E-state index is 1.07. The van der Waals surface area contributed by atoms with Crippen LogP contribution in [0.15, 0.2) is 273 Å². The molecule has 1 nitrogen and oxygen atoms in total. The smallest absolute Gasteiger partial charge is 0.0540 e. The quantitative estimate of drug-likeness (QED) is 0.133. The van der Waals surface area contributed by atoms with Crippen molar-refractivity contribution in [1.82, 2.24) is 0 Å².